The van der Waals surface area contributed by atoms with E-state index in [2.05, 4.69) is 30.4 Å². The summed E-state index contributed by atoms with van der Waals surface area (Å²) in [4.78, 5) is 29.8. The van der Waals surface area contributed by atoms with Gasteiger partial charge in [0.15, 0.2) is 6.61 Å². The Morgan fingerprint density at radius 1 is 1.15 bits per heavy atom. The van der Waals surface area contributed by atoms with Crippen LogP contribution in [0.5, 0.6) is 0 Å². The van der Waals surface area contributed by atoms with Crippen LogP contribution in [0.2, 0.25) is 0 Å². The second-order valence-electron chi connectivity index (χ2n) is 11.5. The Hall–Kier alpha value is -2.37. The van der Waals surface area contributed by atoms with Crippen LogP contribution in [-0.2, 0) is 21.0 Å². The molecule has 6 heteroatoms. The zero-order chi connectivity index (χ0) is 23.9. The van der Waals surface area contributed by atoms with Crippen molar-refractivity contribution < 1.29 is 18.8 Å². The van der Waals surface area contributed by atoms with Crippen molar-refractivity contribution in [1.82, 2.24) is 5.32 Å². The Morgan fingerprint density at radius 2 is 2.00 bits per heavy atom. The topological polar surface area (TPSA) is 80.9 Å². The fourth-order valence-corrected chi connectivity index (χ4v) is 8.13. The van der Waals surface area contributed by atoms with E-state index in [1.807, 2.05) is 6.07 Å². The average molecular weight is 467 g/mol. The van der Waals surface area contributed by atoms with Gasteiger partial charge in [-0.3, -0.25) is 9.59 Å². The van der Waals surface area contributed by atoms with Crippen LogP contribution in [0.25, 0.3) is 0 Å². The van der Waals surface area contributed by atoms with Crippen molar-refractivity contribution in [3.8, 4) is 0 Å². The number of hydrogen-bond acceptors (Lipinski definition) is 5. The smallest absolute Gasteiger partial charge is 0.261 e. The first-order chi connectivity index (χ1) is 16.3. The van der Waals surface area contributed by atoms with Crippen LogP contribution in [-0.4, -0.2) is 24.0 Å². The first-order valence-corrected chi connectivity index (χ1v) is 13.0. The summed E-state index contributed by atoms with van der Waals surface area (Å²) in [5.41, 5.74) is 2.88. The normalized spacial score (nSPS) is 37.9. The van der Waals surface area contributed by atoms with Crippen LogP contribution in [0.4, 0.5) is 0 Å². The van der Waals surface area contributed by atoms with Gasteiger partial charge in [0.25, 0.3) is 5.91 Å². The minimum absolute atomic E-state index is 0.0904. The fraction of sp³-hybridized carbons (Fsp3) is 0.679. The number of allylic oxidation sites excluding steroid dienone is 2. The van der Waals surface area contributed by atoms with Crippen molar-refractivity contribution in [2.75, 3.05) is 6.61 Å². The number of ketones is 1. The minimum atomic E-state index is -0.208. The lowest BCUT2D eigenvalue weighted by Crippen LogP contribution is -2.51. The minimum Gasteiger partial charge on any atom is -0.467 e. The lowest BCUT2D eigenvalue weighted by molar-refractivity contribution is -0.128. The molecule has 1 amide bonds. The Balaban J connectivity index is 1.21. The van der Waals surface area contributed by atoms with E-state index >= 15 is 0 Å². The third kappa shape index (κ3) is 4.03. The van der Waals surface area contributed by atoms with E-state index in [4.69, 9.17) is 9.25 Å². The molecule has 0 bridgehead atoms. The van der Waals surface area contributed by atoms with Crippen molar-refractivity contribution in [2.24, 2.45) is 39.7 Å². The number of fused-ring (bicyclic) bond motifs is 5. The van der Waals surface area contributed by atoms with Gasteiger partial charge in [-0.2, -0.15) is 0 Å². The van der Waals surface area contributed by atoms with Gasteiger partial charge in [-0.25, -0.2) is 0 Å². The molecule has 0 spiro atoms. The summed E-state index contributed by atoms with van der Waals surface area (Å²) in [6, 6.07) is 3.62. The monoisotopic (exact) mass is 466 g/mol. The molecule has 0 radical (unpaired) electrons. The predicted molar refractivity (Wildman–Crippen MR) is 130 cm³/mol. The van der Waals surface area contributed by atoms with E-state index in [-0.39, 0.29) is 29.3 Å². The van der Waals surface area contributed by atoms with Gasteiger partial charge >= 0.3 is 0 Å². The largest absolute Gasteiger partial charge is 0.467 e. The van der Waals surface area contributed by atoms with Crippen molar-refractivity contribution >= 4 is 17.4 Å². The number of hydrogen-bond donors (Lipinski definition) is 1. The second kappa shape index (κ2) is 9.01. The van der Waals surface area contributed by atoms with Gasteiger partial charge in [0, 0.05) is 5.92 Å². The van der Waals surface area contributed by atoms with Gasteiger partial charge in [0.1, 0.15) is 11.5 Å². The van der Waals surface area contributed by atoms with Gasteiger partial charge in [0.2, 0.25) is 0 Å². The first kappa shape index (κ1) is 23.4. The molecular formula is C28H38N2O4. The summed E-state index contributed by atoms with van der Waals surface area (Å²) >= 11 is 0. The van der Waals surface area contributed by atoms with E-state index in [9.17, 15) is 9.59 Å². The molecule has 184 valence electrons. The summed E-state index contributed by atoms with van der Waals surface area (Å²) in [5.74, 6) is 3.30. The lowest BCUT2D eigenvalue weighted by atomic mass is 9.46. The first-order valence-electron chi connectivity index (χ1n) is 13.0. The molecule has 4 aliphatic carbocycles. The molecule has 1 N–H and O–H groups in total. The molecule has 0 unspecified atom stereocenters. The van der Waals surface area contributed by atoms with Crippen molar-refractivity contribution in [1.29, 1.82) is 0 Å². The highest BCUT2D eigenvalue weighted by atomic mass is 16.6. The van der Waals surface area contributed by atoms with Crippen LogP contribution in [0.15, 0.2) is 39.6 Å². The summed E-state index contributed by atoms with van der Waals surface area (Å²) in [5, 5.41) is 7.08. The van der Waals surface area contributed by atoms with E-state index < -0.39 is 0 Å². The van der Waals surface area contributed by atoms with Gasteiger partial charge < -0.3 is 14.6 Å². The highest BCUT2D eigenvalue weighted by Gasteiger charge is 2.59. The Labute approximate surface area is 202 Å². The molecule has 1 aromatic rings. The zero-order valence-corrected chi connectivity index (χ0v) is 20.8. The molecule has 5 rings (SSSR count). The van der Waals surface area contributed by atoms with Gasteiger partial charge in [-0.15, -0.1) is 0 Å². The highest BCUT2D eigenvalue weighted by molar-refractivity contribution is 5.96. The summed E-state index contributed by atoms with van der Waals surface area (Å²) < 4.78 is 5.22. The van der Waals surface area contributed by atoms with E-state index in [0.29, 0.717) is 29.9 Å². The molecule has 0 saturated heterocycles. The number of carbonyl (C=O) groups excluding carboxylic acids is 2. The number of carbonyl (C=O) groups is 2. The van der Waals surface area contributed by atoms with Crippen LogP contribution < -0.4 is 5.32 Å². The quantitative estimate of drug-likeness (QED) is 0.566. The second-order valence-corrected chi connectivity index (χ2v) is 11.5. The molecule has 1 aromatic heterocycles. The maximum Gasteiger partial charge on any atom is 0.261 e. The fourth-order valence-electron chi connectivity index (χ4n) is 8.13. The Morgan fingerprint density at radius 3 is 2.76 bits per heavy atom. The van der Waals surface area contributed by atoms with Crippen molar-refractivity contribution in [2.45, 2.75) is 78.7 Å². The number of amides is 1. The molecule has 6 nitrogen and oxygen atoms in total. The van der Waals surface area contributed by atoms with Gasteiger partial charge in [-0.1, -0.05) is 24.6 Å². The SMILES string of the molecule is CC(=O)[C@@H]1CC[C@@H]2[C@H]3CCC4=C/C(=N/OCC(=O)NCc5ccco5)CC[C@]4(C)[C@H]3CC[C@@]21C. The third-order valence-corrected chi connectivity index (χ3v) is 9.89. The highest BCUT2D eigenvalue weighted by Crippen LogP contribution is 2.66. The maximum atomic E-state index is 12.3. The molecule has 3 fully saturated rings. The average Bonchev–Trinajstić information content (AvgIpc) is 3.45. The molecule has 6 atom stereocenters. The number of Topliss-reactive ketones (excluding diaryl/α,β-unsaturated/α-hetero) is 1. The number of rotatable bonds is 6. The molecule has 1 heterocycles. The number of nitrogens with zero attached hydrogens (tertiary/aromatic N) is 1. The molecule has 4 aliphatic rings. The van der Waals surface area contributed by atoms with E-state index in [0.717, 1.165) is 37.3 Å². The maximum absolute atomic E-state index is 12.3. The van der Waals surface area contributed by atoms with Crippen molar-refractivity contribution in [3.63, 3.8) is 0 Å². The number of oxime groups is 1. The lowest BCUT2D eigenvalue weighted by Gasteiger charge is -2.58. The molecule has 3 saturated carbocycles. The third-order valence-electron chi connectivity index (χ3n) is 9.89. The number of nitrogens with one attached hydrogen (secondary N) is 1. The predicted octanol–water partition coefficient (Wildman–Crippen LogP) is 5.44. The molecule has 34 heavy (non-hydrogen) atoms. The summed E-state index contributed by atoms with van der Waals surface area (Å²) in [7, 11) is 0. The zero-order valence-electron chi connectivity index (χ0n) is 20.8. The Bertz CT molecular complexity index is 996. The van der Waals surface area contributed by atoms with Crippen LogP contribution in [0, 0.1) is 34.5 Å². The van der Waals surface area contributed by atoms with E-state index in [1.54, 1.807) is 19.3 Å². The van der Waals surface area contributed by atoms with Crippen molar-refractivity contribution in [3.05, 3.63) is 35.8 Å². The summed E-state index contributed by atoms with van der Waals surface area (Å²) in [6.07, 6.45) is 12.9. The molecule has 0 aromatic carbocycles. The standard InChI is InChI=1S/C28H38N2O4/c1-18(31)23-8-9-24-22-7-6-19-15-20(10-12-27(19,2)25(22)11-13-28(23,24)3)30-34-17-26(32)29-16-21-5-4-14-33-21/h4-5,14-15,22-25H,6-13,16-17H2,1-3H3,(H,29,32)/b30-20+/t22-,23+,24-,25+,27+,28-/m1/s1. The van der Waals surface area contributed by atoms with E-state index in [1.165, 1.54) is 31.3 Å². The van der Waals surface area contributed by atoms with Gasteiger partial charge in [-0.05, 0) is 105 Å². The van der Waals surface area contributed by atoms with Crippen LogP contribution >= 0.6 is 0 Å². The molecular weight excluding hydrogens is 428 g/mol. The molecule has 0 aliphatic heterocycles. The van der Waals surface area contributed by atoms with Crippen LogP contribution in [0.3, 0.4) is 0 Å². The summed E-state index contributed by atoms with van der Waals surface area (Å²) in [6.45, 7) is 6.95. The number of furan rings is 1. The Kier molecular flexibility index (Phi) is 6.19. The van der Waals surface area contributed by atoms with Crippen LogP contribution in [0.1, 0.15) is 77.9 Å². The van der Waals surface area contributed by atoms with Gasteiger partial charge in [0.05, 0.1) is 18.5 Å².